The third-order valence-corrected chi connectivity index (χ3v) is 3.60. The number of anilines is 1. The average Bonchev–Trinajstić information content (AvgIpc) is 3.18. The summed E-state index contributed by atoms with van der Waals surface area (Å²) in [6.07, 6.45) is 0. The van der Waals surface area contributed by atoms with E-state index < -0.39 is 5.97 Å². The van der Waals surface area contributed by atoms with E-state index in [1.807, 2.05) is 0 Å². The molecular formula is C13H11ClN6O3S. The van der Waals surface area contributed by atoms with Crippen LogP contribution < -0.4 is 10.6 Å². The number of carbonyl (C=O) groups is 1. The SMILES string of the molecule is Nc1nc(/C(=N/OCCCl)C(=O)On2nnc3ccccc32)cs1. The van der Waals surface area contributed by atoms with E-state index in [1.165, 1.54) is 0 Å². The summed E-state index contributed by atoms with van der Waals surface area (Å²) in [6.45, 7) is 0.129. The van der Waals surface area contributed by atoms with Crippen molar-refractivity contribution in [1.29, 1.82) is 0 Å². The third kappa shape index (κ3) is 3.44. The number of hydrogen-bond donors (Lipinski definition) is 1. The molecule has 2 N–H and O–H groups in total. The molecule has 0 saturated heterocycles. The number of carbonyl (C=O) groups excluding carboxylic acids is 1. The van der Waals surface area contributed by atoms with Crippen LogP contribution in [0.5, 0.6) is 0 Å². The van der Waals surface area contributed by atoms with E-state index in [0.29, 0.717) is 11.0 Å². The van der Waals surface area contributed by atoms with Crippen LogP contribution in [0.15, 0.2) is 34.8 Å². The molecule has 0 saturated carbocycles. The molecule has 0 fully saturated rings. The number of oxime groups is 1. The summed E-state index contributed by atoms with van der Waals surface area (Å²) in [5.74, 6) is -0.593. The number of para-hydroxylation sites is 1. The molecule has 2 aromatic heterocycles. The zero-order valence-corrected chi connectivity index (χ0v) is 13.7. The molecule has 0 bridgehead atoms. The van der Waals surface area contributed by atoms with Crippen LogP contribution >= 0.6 is 22.9 Å². The molecule has 0 aliphatic heterocycles. The van der Waals surface area contributed by atoms with Gasteiger partial charge in [0.25, 0.3) is 0 Å². The Kier molecular flexibility index (Phi) is 4.87. The largest absolute Gasteiger partial charge is 0.394 e. The highest BCUT2D eigenvalue weighted by molar-refractivity contribution is 7.13. The minimum absolute atomic E-state index is 0.129. The van der Waals surface area contributed by atoms with Crippen LogP contribution in [0.1, 0.15) is 5.69 Å². The van der Waals surface area contributed by atoms with E-state index in [-0.39, 0.29) is 29.0 Å². The monoisotopic (exact) mass is 366 g/mol. The second-order valence-electron chi connectivity index (χ2n) is 4.36. The maximum Gasteiger partial charge on any atom is 0.389 e. The van der Waals surface area contributed by atoms with E-state index in [2.05, 4.69) is 20.5 Å². The molecule has 0 aliphatic carbocycles. The maximum atomic E-state index is 12.4. The van der Waals surface area contributed by atoms with E-state index >= 15 is 0 Å². The molecule has 0 atom stereocenters. The molecule has 9 nitrogen and oxygen atoms in total. The molecule has 0 amide bonds. The predicted molar refractivity (Wildman–Crippen MR) is 88.9 cm³/mol. The van der Waals surface area contributed by atoms with Gasteiger partial charge < -0.3 is 15.4 Å². The number of alkyl halides is 1. The topological polar surface area (TPSA) is 118 Å². The number of nitrogen functional groups attached to an aromatic ring is 1. The Morgan fingerprint density at radius 1 is 1.42 bits per heavy atom. The Morgan fingerprint density at radius 2 is 2.25 bits per heavy atom. The van der Waals surface area contributed by atoms with Gasteiger partial charge in [-0.25, -0.2) is 9.78 Å². The molecule has 1 aromatic carbocycles. The van der Waals surface area contributed by atoms with Gasteiger partial charge in [0.2, 0.25) is 5.71 Å². The second-order valence-corrected chi connectivity index (χ2v) is 5.63. The van der Waals surface area contributed by atoms with Crippen LogP contribution in [0.2, 0.25) is 0 Å². The quantitative estimate of drug-likeness (QED) is 0.228. The van der Waals surface area contributed by atoms with E-state index in [9.17, 15) is 4.79 Å². The average molecular weight is 367 g/mol. The third-order valence-electron chi connectivity index (χ3n) is 2.77. The Hall–Kier alpha value is -2.72. The van der Waals surface area contributed by atoms with Crippen molar-refractivity contribution in [1.82, 2.24) is 20.1 Å². The lowest BCUT2D eigenvalue weighted by Gasteiger charge is -2.04. The molecule has 0 radical (unpaired) electrons. The minimum atomic E-state index is -0.814. The first-order valence-corrected chi connectivity index (χ1v) is 8.11. The molecular weight excluding hydrogens is 356 g/mol. The number of fused-ring (bicyclic) bond motifs is 1. The van der Waals surface area contributed by atoms with Crippen LogP contribution in [0.25, 0.3) is 11.0 Å². The highest BCUT2D eigenvalue weighted by atomic mass is 35.5. The van der Waals surface area contributed by atoms with Crippen molar-refractivity contribution in [3.63, 3.8) is 0 Å². The normalized spacial score (nSPS) is 11.6. The second kappa shape index (κ2) is 7.23. The molecule has 3 aromatic rings. The Morgan fingerprint density at radius 3 is 3.00 bits per heavy atom. The lowest BCUT2D eigenvalue weighted by molar-refractivity contribution is -0.137. The van der Waals surface area contributed by atoms with Crippen LogP contribution in [-0.2, 0) is 9.63 Å². The summed E-state index contributed by atoms with van der Waals surface area (Å²) in [5.41, 5.74) is 6.80. The van der Waals surface area contributed by atoms with Gasteiger partial charge in [0.1, 0.15) is 23.3 Å². The van der Waals surface area contributed by atoms with Gasteiger partial charge in [0.15, 0.2) is 5.13 Å². The number of aromatic nitrogens is 4. The minimum Gasteiger partial charge on any atom is -0.394 e. The molecule has 124 valence electrons. The molecule has 24 heavy (non-hydrogen) atoms. The fourth-order valence-electron chi connectivity index (χ4n) is 1.77. The number of rotatable bonds is 6. The van der Waals surface area contributed by atoms with Crippen molar-refractivity contribution in [3.05, 3.63) is 35.3 Å². The van der Waals surface area contributed by atoms with E-state index in [4.69, 9.17) is 27.0 Å². The number of nitrogens with zero attached hydrogens (tertiary/aromatic N) is 5. The van der Waals surface area contributed by atoms with Gasteiger partial charge in [0.05, 0.1) is 5.88 Å². The molecule has 11 heteroatoms. The summed E-state index contributed by atoms with van der Waals surface area (Å²) >= 11 is 6.69. The number of thiazole rings is 1. The van der Waals surface area contributed by atoms with Crippen molar-refractivity contribution < 1.29 is 14.5 Å². The number of hydrogen-bond acceptors (Lipinski definition) is 9. The first kappa shape index (κ1) is 16.1. The summed E-state index contributed by atoms with van der Waals surface area (Å²) < 4.78 is 0. The number of benzene rings is 1. The van der Waals surface area contributed by atoms with Crippen molar-refractivity contribution in [2.75, 3.05) is 18.2 Å². The van der Waals surface area contributed by atoms with Gasteiger partial charge >= 0.3 is 5.97 Å². The highest BCUT2D eigenvalue weighted by Crippen LogP contribution is 2.13. The van der Waals surface area contributed by atoms with Gasteiger partial charge in [-0.15, -0.1) is 28.0 Å². The fraction of sp³-hybridized carbons (Fsp3) is 0.154. The molecule has 3 rings (SSSR count). The number of nitrogens with two attached hydrogens (primary N) is 1. The van der Waals surface area contributed by atoms with E-state index in [0.717, 1.165) is 16.2 Å². The van der Waals surface area contributed by atoms with Gasteiger partial charge in [-0.1, -0.05) is 22.1 Å². The zero-order valence-electron chi connectivity index (χ0n) is 12.1. The Balaban J connectivity index is 1.87. The maximum absolute atomic E-state index is 12.4. The lowest BCUT2D eigenvalue weighted by Crippen LogP contribution is -2.29. The zero-order chi connectivity index (χ0) is 16.9. The van der Waals surface area contributed by atoms with Crippen molar-refractivity contribution in [2.24, 2.45) is 5.16 Å². The summed E-state index contributed by atoms with van der Waals surface area (Å²) in [7, 11) is 0. The summed E-state index contributed by atoms with van der Waals surface area (Å²) in [6, 6.07) is 7.03. The van der Waals surface area contributed by atoms with Crippen LogP contribution in [-0.4, -0.2) is 44.3 Å². The molecule has 0 spiro atoms. The number of halogens is 1. The van der Waals surface area contributed by atoms with Crippen molar-refractivity contribution in [2.45, 2.75) is 0 Å². The fourth-order valence-corrected chi connectivity index (χ4v) is 2.38. The standard InChI is InChI=1S/C13H11ClN6O3S/c14-5-6-22-18-11(9-7-24-13(15)16-9)12(21)23-20-10-4-2-1-3-8(10)17-19-20/h1-4,7H,5-6H2,(H2,15,16)/b18-11-. The molecule has 0 aliphatic rings. The molecule has 2 heterocycles. The van der Waals surface area contributed by atoms with Crippen LogP contribution in [0, 0.1) is 0 Å². The Labute approximate surface area is 144 Å². The first-order valence-electron chi connectivity index (χ1n) is 6.69. The van der Waals surface area contributed by atoms with Crippen LogP contribution in [0.3, 0.4) is 0 Å². The predicted octanol–water partition coefficient (Wildman–Crippen LogP) is 1.08. The lowest BCUT2D eigenvalue weighted by atomic mass is 10.3. The van der Waals surface area contributed by atoms with Gasteiger partial charge in [0, 0.05) is 5.38 Å². The summed E-state index contributed by atoms with van der Waals surface area (Å²) in [5, 5.41) is 13.3. The van der Waals surface area contributed by atoms with Crippen LogP contribution in [0.4, 0.5) is 5.13 Å². The Bertz CT molecular complexity index is 893. The van der Waals surface area contributed by atoms with Crippen molar-refractivity contribution in [3.8, 4) is 0 Å². The summed E-state index contributed by atoms with van der Waals surface area (Å²) in [4.78, 5) is 27.6. The van der Waals surface area contributed by atoms with Crippen molar-refractivity contribution >= 4 is 50.8 Å². The highest BCUT2D eigenvalue weighted by Gasteiger charge is 2.22. The first-order chi connectivity index (χ1) is 11.7. The van der Waals surface area contributed by atoms with Gasteiger partial charge in [-0.2, -0.15) is 0 Å². The van der Waals surface area contributed by atoms with Gasteiger partial charge in [-0.3, -0.25) is 0 Å². The van der Waals surface area contributed by atoms with E-state index in [1.54, 1.807) is 29.6 Å². The molecule has 0 unspecified atom stereocenters. The smallest absolute Gasteiger partial charge is 0.389 e. The van der Waals surface area contributed by atoms with Gasteiger partial charge in [-0.05, 0) is 17.3 Å².